The van der Waals surface area contributed by atoms with E-state index < -0.39 is 0 Å². The predicted octanol–water partition coefficient (Wildman–Crippen LogP) is 1.56. The third-order valence-corrected chi connectivity index (χ3v) is 4.35. The summed E-state index contributed by atoms with van der Waals surface area (Å²) in [5, 5.41) is 16.5. The molecular formula is C15H14N6OS. The standard InChI is InChI=1S/C15H14N6OS/c22-13(17-10-4-5-10)9-23-14-7-6-12-18-19-15(21(12)20-14)11-3-1-2-8-16-11/h1-3,6-8,10H,4-5,9H2,(H,17,22). The Hall–Kier alpha value is -2.48. The zero-order chi connectivity index (χ0) is 15.6. The highest BCUT2D eigenvalue weighted by atomic mass is 32.2. The second-order valence-electron chi connectivity index (χ2n) is 5.31. The molecule has 0 aliphatic heterocycles. The molecule has 0 atom stereocenters. The summed E-state index contributed by atoms with van der Waals surface area (Å²) in [7, 11) is 0. The highest BCUT2D eigenvalue weighted by molar-refractivity contribution is 7.99. The number of fused-ring (bicyclic) bond motifs is 1. The van der Waals surface area contributed by atoms with E-state index in [1.165, 1.54) is 11.8 Å². The molecule has 1 saturated carbocycles. The molecular weight excluding hydrogens is 312 g/mol. The van der Waals surface area contributed by atoms with Gasteiger partial charge in [0, 0.05) is 12.2 Å². The van der Waals surface area contributed by atoms with E-state index in [-0.39, 0.29) is 5.91 Å². The van der Waals surface area contributed by atoms with Crippen molar-refractivity contribution >= 4 is 23.3 Å². The highest BCUT2D eigenvalue weighted by Crippen LogP contribution is 2.21. The van der Waals surface area contributed by atoms with Crippen LogP contribution in [0.5, 0.6) is 0 Å². The van der Waals surface area contributed by atoms with Crippen LogP contribution >= 0.6 is 11.8 Å². The monoisotopic (exact) mass is 326 g/mol. The zero-order valence-corrected chi connectivity index (χ0v) is 13.0. The summed E-state index contributed by atoms with van der Waals surface area (Å²) in [6.07, 6.45) is 3.89. The van der Waals surface area contributed by atoms with E-state index in [0.717, 1.165) is 17.9 Å². The van der Waals surface area contributed by atoms with Crippen molar-refractivity contribution in [2.45, 2.75) is 23.9 Å². The van der Waals surface area contributed by atoms with E-state index in [2.05, 4.69) is 25.6 Å². The molecule has 0 aromatic carbocycles. The Morgan fingerprint density at radius 3 is 2.96 bits per heavy atom. The van der Waals surface area contributed by atoms with Gasteiger partial charge >= 0.3 is 0 Å². The molecule has 0 radical (unpaired) electrons. The number of carbonyl (C=O) groups is 1. The minimum absolute atomic E-state index is 0.0492. The average molecular weight is 326 g/mol. The lowest BCUT2D eigenvalue weighted by Gasteiger charge is -2.04. The van der Waals surface area contributed by atoms with Gasteiger partial charge in [0.25, 0.3) is 0 Å². The molecule has 4 rings (SSSR count). The minimum atomic E-state index is 0.0492. The summed E-state index contributed by atoms with van der Waals surface area (Å²) >= 11 is 1.40. The molecule has 3 aromatic heterocycles. The third-order valence-electron chi connectivity index (χ3n) is 3.43. The normalized spacial score (nSPS) is 14.1. The second kappa shape index (κ2) is 5.96. The molecule has 23 heavy (non-hydrogen) atoms. The van der Waals surface area contributed by atoms with Gasteiger partial charge in [0.05, 0.1) is 5.75 Å². The van der Waals surface area contributed by atoms with Gasteiger partial charge in [0.1, 0.15) is 10.7 Å². The van der Waals surface area contributed by atoms with E-state index in [1.54, 1.807) is 10.7 Å². The number of rotatable bonds is 5. The predicted molar refractivity (Wildman–Crippen MR) is 85.9 cm³/mol. The summed E-state index contributed by atoms with van der Waals surface area (Å²) < 4.78 is 1.66. The number of carbonyl (C=O) groups excluding carboxylic acids is 1. The first-order valence-electron chi connectivity index (χ1n) is 7.35. The maximum Gasteiger partial charge on any atom is 0.230 e. The lowest BCUT2D eigenvalue weighted by molar-refractivity contribution is -0.118. The van der Waals surface area contributed by atoms with Gasteiger partial charge in [-0.2, -0.15) is 9.61 Å². The summed E-state index contributed by atoms with van der Waals surface area (Å²) in [5.74, 6) is 0.995. The van der Waals surface area contributed by atoms with Gasteiger partial charge in [0.15, 0.2) is 5.65 Å². The Kier molecular flexibility index (Phi) is 3.66. The quantitative estimate of drug-likeness (QED) is 0.716. The molecule has 0 spiro atoms. The van der Waals surface area contributed by atoms with Gasteiger partial charge in [0.2, 0.25) is 11.7 Å². The lowest BCUT2D eigenvalue weighted by Crippen LogP contribution is -2.27. The Bertz CT molecular complexity index is 846. The van der Waals surface area contributed by atoms with Crippen molar-refractivity contribution in [3.05, 3.63) is 36.5 Å². The largest absolute Gasteiger partial charge is 0.353 e. The van der Waals surface area contributed by atoms with Crippen LogP contribution in [0.25, 0.3) is 17.2 Å². The molecule has 0 unspecified atom stereocenters. The molecule has 1 aliphatic carbocycles. The fraction of sp³-hybridized carbons (Fsp3) is 0.267. The van der Waals surface area contributed by atoms with Crippen LogP contribution in [0.15, 0.2) is 41.6 Å². The van der Waals surface area contributed by atoms with E-state index in [9.17, 15) is 4.79 Å². The fourth-order valence-electron chi connectivity index (χ4n) is 2.14. The lowest BCUT2D eigenvalue weighted by atomic mass is 10.3. The van der Waals surface area contributed by atoms with Crippen molar-refractivity contribution in [2.24, 2.45) is 0 Å². The van der Waals surface area contributed by atoms with Crippen LogP contribution in [0.1, 0.15) is 12.8 Å². The number of amides is 1. The van der Waals surface area contributed by atoms with Crippen molar-refractivity contribution in [2.75, 3.05) is 5.75 Å². The van der Waals surface area contributed by atoms with Crippen LogP contribution in [0, 0.1) is 0 Å². The summed E-state index contributed by atoms with van der Waals surface area (Å²) in [5.41, 5.74) is 1.36. The highest BCUT2D eigenvalue weighted by Gasteiger charge is 2.23. The SMILES string of the molecule is O=C(CSc1ccc2nnc(-c3ccccn3)n2n1)NC1CC1. The van der Waals surface area contributed by atoms with Crippen molar-refractivity contribution in [3.63, 3.8) is 0 Å². The smallest absolute Gasteiger partial charge is 0.230 e. The first-order chi connectivity index (χ1) is 11.3. The fourth-order valence-corrected chi connectivity index (χ4v) is 2.81. The van der Waals surface area contributed by atoms with Crippen molar-refractivity contribution in [3.8, 4) is 11.5 Å². The Labute approximate surface area is 136 Å². The number of pyridine rings is 1. The average Bonchev–Trinajstić information content (AvgIpc) is 3.29. The molecule has 8 heteroatoms. The van der Waals surface area contributed by atoms with Crippen LogP contribution in [-0.2, 0) is 4.79 Å². The maximum atomic E-state index is 11.8. The van der Waals surface area contributed by atoms with Gasteiger partial charge in [-0.25, -0.2) is 0 Å². The summed E-state index contributed by atoms with van der Waals surface area (Å²) in [6.45, 7) is 0. The number of aromatic nitrogens is 5. The number of nitrogens with zero attached hydrogens (tertiary/aromatic N) is 5. The third kappa shape index (κ3) is 3.16. The molecule has 116 valence electrons. The maximum absolute atomic E-state index is 11.8. The van der Waals surface area contributed by atoms with E-state index in [1.807, 2.05) is 30.3 Å². The number of hydrogen-bond donors (Lipinski definition) is 1. The van der Waals surface area contributed by atoms with Crippen LogP contribution in [0.3, 0.4) is 0 Å². The van der Waals surface area contributed by atoms with Crippen molar-refractivity contribution in [1.29, 1.82) is 0 Å². The molecule has 1 amide bonds. The van der Waals surface area contributed by atoms with E-state index in [4.69, 9.17) is 0 Å². The van der Waals surface area contributed by atoms with Crippen LogP contribution in [0.4, 0.5) is 0 Å². The van der Waals surface area contributed by atoms with Crippen LogP contribution in [-0.4, -0.2) is 42.5 Å². The minimum Gasteiger partial charge on any atom is -0.353 e. The summed E-state index contributed by atoms with van der Waals surface area (Å²) in [6, 6.07) is 9.67. The molecule has 0 saturated heterocycles. The van der Waals surface area contributed by atoms with Gasteiger partial charge in [-0.1, -0.05) is 17.8 Å². The van der Waals surface area contributed by atoms with E-state index >= 15 is 0 Å². The molecule has 7 nitrogen and oxygen atoms in total. The zero-order valence-electron chi connectivity index (χ0n) is 12.2. The van der Waals surface area contributed by atoms with E-state index in [0.29, 0.717) is 29.0 Å². The topological polar surface area (TPSA) is 85.1 Å². The first kappa shape index (κ1) is 14.1. The Morgan fingerprint density at radius 1 is 1.26 bits per heavy atom. The van der Waals surface area contributed by atoms with Crippen LogP contribution < -0.4 is 5.32 Å². The molecule has 0 bridgehead atoms. The Morgan fingerprint density at radius 2 is 2.17 bits per heavy atom. The van der Waals surface area contributed by atoms with Crippen molar-refractivity contribution in [1.82, 2.24) is 30.1 Å². The molecule has 1 aliphatic rings. The second-order valence-corrected chi connectivity index (χ2v) is 6.31. The summed E-state index contributed by atoms with van der Waals surface area (Å²) in [4.78, 5) is 16.0. The molecule has 3 aromatic rings. The first-order valence-corrected chi connectivity index (χ1v) is 8.34. The van der Waals surface area contributed by atoms with Crippen LogP contribution in [0.2, 0.25) is 0 Å². The Balaban J connectivity index is 1.55. The molecule has 1 N–H and O–H groups in total. The number of thioether (sulfide) groups is 1. The number of hydrogen-bond acceptors (Lipinski definition) is 6. The molecule has 3 heterocycles. The van der Waals surface area contributed by atoms with Gasteiger partial charge in [-0.05, 0) is 37.1 Å². The molecule has 1 fully saturated rings. The van der Waals surface area contributed by atoms with Gasteiger partial charge in [-0.3, -0.25) is 9.78 Å². The van der Waals surface area contributed by atoms with Gasteiger partial charge in [-0.15, -0.1) is 10.2 Å². The number of nitrogens with one attached hydrogen (secondary N) is 1. The van der Waals surface area contributed by atoms with Crippen molar-refractivity contribution < 1.29 is 4.79 Å². The van der Waals surface area contributed by atoms with Gasteiger partial charge < -0.3 is 5.32 Å².